The molecule has 1 unspecified atom stereocenters. The Balaban J connectivity index is 3.93. The van der Waals surface area contributed by atoms with Crippen LogP contribution in [0.3, 0.4) is 0 Å². The minimum Gasteiger partial charge on any atom is -0.480 e. The van der Waals surface area contributed by atoms with Crippen molar-refractivity contribution in [1.82, 2.24) is 0 Å². The second-order valence-electron chi connectivity index (χ2n) is 4.08. The van der Waals surface area contributed by atoms with Crippen molar-refractivity contribution in [3.63, 3.8) is 0 Å². The highest BCUT2D eigenvalue weighted by Gasteiger charge is 2.57. The van der Waals surface area contributed by atoms with Gasteiger partial charge in [0, 0.05) is 6.61 Å². The van der Waals surface area contributed by atoms with Crippen LogP contribution in [-0.2, 0) is 9.53 Å². The zero-order valence-corrected chi connectivity index (χ0v) is 9.56. The molecule has 0 aromatic carbocycles. The summed E-state index contributed by atoms with van der Waals surface area (Å²) in [5, 5.41) is 8.60. The van der Waals surface area contributed by atoms with E-state index in [2.05, 4.69) is 4.74 Å². The van der Waals surface area contributed by atoms with Gasteiger partial charge in [0.15, 0.2) is 0 Å². The number of hydrogen-bond donors (Lipinski definition) is 2. The summed E-state index contributed by atoms with van der Waals surface area (Å²) in [5.74, 6) is -6.20. The van der Waals surface area contributed by atoms with Crippen LogP contribution in [0.15, 0.2) is 0 Å². The molecule has 0 fully saturated rings. The lowest BCUT2D eigenvalue weighted by molar-refractivity contribution is -0.296. The Bertz CT molecular complexity index is 290. The molecule has 0 amide bonds. The third kappa shape index (κ3) is 5.13. The molecule has 0 rings (SSSR count). The highest BCUT2D eigenvalue weighted by Crippen LogP contribution is 2.35. The number of carbonyl (C=O) groups is 1. The average Bonchev–Trinajstić information content (AvgIpc) is 2.14. The van der Waals surface area contributed by atoms with Gasteiger partial charge in [0.05, 0.1) is 0 Å². The molecule has 0 bridgehead atoms. The summed E-state index contributed by atoms with van der Waals surface area (Å²) < 4.78 is 64.0. The molecule has 9 heteroatoms. The predicted octanol–water partition coefficient (Wildman–Crippen LogP) is 1.78. The van der Waals surface area contributed by atoms with Crippen molar-refractivity contribution in [2.24, 2.45) is 5.73 Å². The van der Waals surface area contributed by atoms with Gasteiger partial charge in [-0.3, -0.25) is 4.79 Å². The van der Waals surface area contributed by atoms with Crippen molar-refractivity contribution in [1.29, 1.82) is 0 Å². The summed E-state index contributed by atoms with van der Waals surface area (Å²) in [4.78, 5) is 10.5. The topological polar surface area (TPSA) is 72.5 Å². The Morgan fingerprint density at radius 2 is 1.78 bits per heavy atom. The van der Waals surface area contributed by atoms with Crippen LogP contribution in [0.5, 0.6) is 0 Å². The van der Waals surface area contributed by atoms with Gasteiger partial charge in [0.25, 0.3) is 0 Å². The van der Waals surface area contributed by atoms with Crippen molar-refractivity contribution < 1.29 is 36.6 Å². The second kappa shape index (κ2) is 5.79. The zero-order valence-electron chi connectivity index (χ0n) is 9.56. The van der Waals surface area contributed by atoms with Crippen LogP contribution < -0.4 is 5.73 Å². The number of carboxylic acid groups (broad SMARTS) is 1. The Kier molecular flexibility index (Phi) is 5.48. The summed E-state index contributed by atoms with van der Waals surface area (Å²) in [6, 6.07) is 0. The van der Waals surface area contributed by atoms with E-state index in [4.69, 9.17) is 10.8 Å². The molecule has 3 N–H and O–H groups in total. The quantitative estimate of drug-likeness (QED) is 0.550. The molecule has 0 heterocycles. The zero-order chi connectivity index (χ0) is 14.6. The molecule has 0 aromatic heterocycles. The molecule has 0 aliphatic rings. The Labute approximate surface area is 99.9 Å². The first-order valence-electron chi connectivity index (χ1n) is 4.95. The molecule has 0 saturated heterocycles. The molecule has 18 heavy (non-hydrogen) atoms. The normalized spacial score (nSPS) is 16.4. The number of ether oxygens (including phenoxy) is 1. The molecule has 0 aliphatic carbocycles. The van der Waals surface area contributed by atoms with E-state index in [1.54, 1.807) is 0 Å². The summed E-state index contributed by atoms with van der Waals surface area (Å²) in [7, 11) is 0. The fourth-order valence-electron chi connectivity index (χ4n) is 0.931. The summed E-state index contributed by atoms with van der Waals surface area (Å²) in [6.07, 6.45) is -5.79. The van der Waals surface area contributed by atoms with Crippen LogP contribution in [0.1, 0.15) is 19.8 Å². The van der Waals surface area contributed by atoms with Crippen LogP contribution in [0.4, 0.5) is 22.0 Å². The van der Waals surface area contributed by atoms with Gasteiger partial charge in [-0.25, -0.2) is 0 Å². The maximum Gasteiger partial charge on any atom is 0.455 e. The van der Waals surface area contributed by atoms with Crippen LogP contribution in [-0.4, -0.2) is 41.9 Å². The number of aliphatic carboxylic acids is 1. The van der Waals surface area contributed by atoms with E-state index in [-0.39, 0.29) is 12.8 Å². The molecular weight excluding hydrogens is 265 g/mol. The highest BCUT2D eigenvalue weighted by molar-refractivity contribution is 5.77. The highest BCUT2D eigenvalue weighted by atomic mass is 19.4. The van der Waals surface area contributed by atoms with Gasteiger partial charge in [-0.05, 0) is 19.8 Å². The average molecular weight is 279 g/mol. The van der Waals surface area contributed by atoms with Gasteiger partial charge < -0.3 is 15.6 Å². The smallest absolute Gasteiger partial charge is 0.455 e. The van der Waals surface area contributed by atoms with E-state index in [1.807, 2.05) is 0 Å². The lowest BCUT2D eigenvalue weighted by atomic mass is 9.98. The van der Waals surface area contributed by atoms with Gasteiger partial charge in [-0.15, -0.1) is 0 Å². The summed E-state index contributed by atoms with van der Waals surface area (Å²) >= 11 is 0. The molecule has 1 atom stereocenters. The van der Waals surface area contributed by atoms with Crippen LogP contribution in [0, 0.1) is 0 Å². The maximum absolute atomic E-state index is 12.4. The third-order valence-corrected chi connectivity index (χ3v) is 2.17. The van der Waals surface area contributed by atoms with Gasteiger partial charge in [0.2, 0.25) is 0 Å². The number of rotatable bonds is 7. The number of nitrogens with two attached hydrogens (primary N) is 1. The Hall–Kier alpha value is -0.960. The number of hydrogen-bond acceptors (Lipinski definition) is 3. The largest absolute Gasteiger partial charge is 0.480 e. The molecule has 0 aliphatic heterocycles. The van der Waals surface area contributed by atoms with Crippen LogP contribution in [0.25, 0.3) is 0 Å². The monoisotopic (exact) mass is 279 g/mol. The van der Waals surface area contributed by atoms with Gasteiger partial charge >= 0.3 is 18.1 Å². The van der Waals surface area contributed by atoms with Gasteiger partial charge in [-0.2, -0.15) is 22.0 Å². The summed E-state index contributed by atoms with van der Waals surface area (Å²) in [6.45, 7) is -1.00. The molecular formula is C9H14F5NO3. The SMILES string of the molecule is CC(N)(CCCOCC(F)(F)C(F)(F)F)C(=O)O. The number of alkyl halides is 5. The minimum atomic E-state index is -5.66. The first-order chi connectivity index (χ1) is 7.90. The number of halogens is 5. The standard InChI is InChI=1S/C9H14F5NO3/c1-7(15,6(16)17)3-2-4-18-5-8(10,11)9(12,13)14/h2-5,15H2,1H3,(H,16,17). The third-order valence-electron chi connectivity index (χ3n) is 2.17. The first-order valence-corrected chi connectivity index (χ1v) is 4.95. The van der Waals surface area contributed by atoms with Crippen molar-refractivity contribution in [2.75, 3.05) is 13.2 Å². The van der Waals surface area contributed by atoms with E-state index in [1.165, 1.54) is 6.92 Å². The molecule has 0 aromatic rings. The van der Waals surface area contributed by atoms with Gasteiger partial charge in [-0.1, -0.05) is 0 Å². The fraction of sp³-hybridized carbons (Fsp3) is 0.889. The summed E-state index contributed by atoms with van der Waals surface area (Å²) in [5.41, 5.74) is 3.75. The maximum atomic E-state index is 12.4. The number of carboxylic acids is 1. The first kappa shape index (κ1) is 17.0. The minimum absolute atomic E-state index is 0.0345. The van der Waals surface area contributed by atoms with E-state index in [0.717, 1.165) is 0 Å². The van der Waals surface area contributed by atoms with Crippen molar-refractivity contribution in [3.05, 3.63) is 0 Å². The molecule has 0 spiro atoms. The van der Waals surface area contributed by atoms with Crippen molar-refractivity contribution in [2.45, 2.75) is 37.4 Å². The van der Waals surface area contributed by atoms with Crippen LogP contribution >= 0.6 is 0 Å². The van der Waals surface area contributed by atoms with Crippen molar-refractivity contribution in [3.8, 4) is 0 Å². The lowest BCUT2D eigenvalue weighted by Crippen LogP contribution is -2.45. The Morgan fingerprint density at radius 1 is 1.28 bits per heavy atom. The van der Waals surface area contributed by atoms with Crippen LogP contribution in [0.2, 0.25) is 0 Å². The molecule has 4 nitrogen and oxygen atoms in total. The fourth-order valence-corrected chi connectivity index (χ4v) is 0.931. The van der Waals surface area contributed by atoms with E-state index in [9.17, 15) is 26.7 Å². The second-order valence-corrected chi connectivity index (χ2v) is 4.08. The molecule has 108 valence electrons. The lowest BCUT2D eigenvalue weighted by Gasteiger charge is -2.21. The van der Waals surface area contributed by atoms with Gasteiger partial charge in [0.1, 0.15) is 12.1 Å². The molecule has 0 radical (unpaired) electrons. The van der Waals surface area contributed by atoms with Crippen molar-refractivity contribution >= 4 is 5.97 Å². The predicted molar refractivity (Wildman–Crippen MR) is 51.3 cm³/mol. The van der Waals surface area contributed by atoms with E-state index >= 15 is 0 Å². The molecule has 0 saturated carbocycles. The van der Waals surface area contributed by atoms with E-state index in [0.29, 0.717) is 0 Å². The Morgan fingerprint density at radius 3 is 2.17 bits per heavy atom. The van der Waals surface area contributed by atoms with E-state index < -0.39 is 36.8 Å².